The number of aryl methyl sites for hydroxylation is 2. The number of hydrogen-bond donors (Lipinski definition) is 2. The van der Waals surface area contributed by atoms with E-state index in [0.717, 1.165) is 22.3 Å². The van der Waals surface area contributed by atoms with Crippen LogP contribution in [0.2, 0.25) is 0 Å². The van der Waals surface area contributed by atoms with Gasteiger partial charge in [-0.3, -0.25) is 15.1 Å². The van der Waals surface area contributed by atoms with Gasteiger partial charge in [-0.15, -0.1) is 5.10 Å². The molecule has 0 aliphatic rings. The Bertz CT molecular complexity index is 1250. The molecule has 0 spiro atoms. The van der Waals surface area contributed by atoms with E-state index in [1.165, 1.54) is 17.8 Å². The summed E-state index contributed by atoms with van der Waals surface area (Å²) >= 11 is 1.38. The van der Waals surface area contributed by atoms with Crippen LogP contribution in [-0.2, 0) is 12.8 Å². The molecule has 4 aromatic rings. The fourth-order valence-electron chi connectivity index (χ4n) is 2.80. The van der Waals surface area contributed by atoms with E-state index >= 15 is 0 Å². The zero-order chi connectivity index (χ0) is 21.1. The first kappa shape index (κ1) is 19.8. The van der Waals surface area contributed by atoms with E-state index in [4.69, 9.17) is 4.74 Å². The van der Waals surface area contributed by atoms with Gasteiger partial charge in [0, 0.05) is 24.3 Å². The number of rotatable bonds is 7. The minimum Gasteiger partial charge on any atom is -0.494 e. The largest absolute Gasteiger partial charge is 0.494 e. The van der Waals surface area contributed by atoms with Crippen molar-refractivity contribution in [3.63, 3.8) is 0 Å². The summed E-state index contributed by atoms with van der Waals surface area (Å²) in [4.78, 5) is 28.2. The SMILES string of the molecule is CCOc1ccc2nc(Nc3nc(CSc4nnnn4C)cc(=O)[nH]3)nc(C)c2c1. The van der Waals surface area contributed by atoms with Crippen molar-refractivity contribution in [2.75, 3.05) is 11.9 Å². The summed E-state index contributed by atoms with van der Waals surface area (Å²) in [7, 11) is 1.75. The third-order valence-corrected chi connectivity index (χ3v) is 5.17. The van der Waals surface area contributed by atoms with E-state index in [1.54, 1.807) is 11.7 Å². The number of nitrogens with zero attached hydrogens (tertiary/aromatic N) is 7. The number of aromatic amines is 1. The third-order valence-electron chi connectivity index (χ3n) is 4.12. The first-order valence-electron chi connectivity index (χ1n) is 9.15. The Labute approximate surface area is 175 Å². The number of thioether (sulfide) groups is 1. The molecule has 3 aromatic heterocycles. The number of hydrogen-bond acceptors (Lipinski definition) is 10. The number of aromatic nitrogens is 8. The maximum Gasteiger partial charge on any atom is 0.252 e. The summed E-state index contributed by atoms with van der Waals surface area (Å²) in [5.74, 6) is 1.81. The molecule has 30 heavy (non-hydrogen) atoms. The number of nitrogens with one attached hydrogen (secondary N) is 2. The van der Waals surface area contributed by atoms with Gasteiger partial charge in [0.25, 0.3) is 5.56 Å². The van der Waals surface area contributed by atoms with Gasteiger partial charge < -0.3 is 4.74 Å². The maximum atomic E-state index is 12.1. The van der Waals surface area contributed by atoms with Gasteiger partial charge in [-0.25, -0.2) is 19.6 Å². The Balaban J connectivity index is 1.56. The highest BCUT2D eigenvalue weighted by Gasteiger charge is 2.10. The van der Waals surface area contributed by atoms with Gasteiger partial charge in [0.1, 0.15) is 5.75 Å². The van der Waals surface area contributed by atoms with Crippen LogP contribution >= 0.6 is 11.8 Å². The zero-order valence-corrected chi connectivity index (χ0v) is 17.4. The fourth-order valence-corrected chi connectivity index (χ4v) is 3.54. The molecule has 11 nitrogen and oxygen atoms in total. The highest BCUT2D eigenvalue weighted by Crippen LogP contribution is 2.24. The molecule has 0 aliphatic heterocycles. The molecular formula is C18H19N9O2S. The molecule has 0 unspecified atom stereocenters. The van der Waals surface area contributed by atoms with Crippen LogP contribution in [0, 0.1) is 6.92 Å². The predicted octanol–water partition coefficient (Wildman–Crippen LogP) is 1.98. The molecule has 0 fully saturated rings. The van der Waals surface area contributed by atoms with Gasteiger partial charge in [0.15, 0.2) is 0 Å². The minimum absolute atomic E-state index is 0.263. The van der Waals surface area contributed by atoms with Crippen LogP contribution in [0.1, 0.15) is 18.3 Å². The van der Waals surface area contributed by atoms with Gasteiger partial charge >= 0.3 is 0 Å². The van der Waals surface area contributed by atoms with Crippen LogP contribution in [0.3, 0.4) is 0 Å². The Kier molecular flexibility index (Phi) is 5.57. The summed E-state index contributed by atoms with van der Waals surface area (Å²) in [6.45, 7) is 4.42. The van der Waals surface area contributed by atoms with E-state index in [1.807, 2.05) is 32.0 Å². The van der Waals surface area contributed by atoms with Gasteiger partial charge in [-0.05, 0) is 42.5 Å². The lowest BCUT2D eigenvalue weighted by atomic mass is 10.2. The average Bonchev–Trinajstić information content (AvgIpc) is 3.11. The highest BCUT2D eigenvalue weighted by molar-refractivity contribution is 7.98. The van der Waals surface area contributed by atoms with Gasteiger partial charge in [-0.2, -0.15) is 0 Å². The first-order valence-corrected chi connectivity index (χ1v) is 10.1. The van der Waals surface area contributed by atoms with E-state index in [0.29, 0.717) is 29.2 Å². The fraction of sp³-hybridized carbons (Fsp3) is 0.278. The molecule has 3 heterocycles. The Morgan fingerprint density at radius 3 is 2.87 bits per heavy atom. The molecule has 0 aliphatic carbocycles. The van der Waals surface area contributed by atoms with E-state index < -0.39 is 0 Å². The Morgan fingerprint density at radius 2 is 2.10 bits per heavy atom. The number of fused-ring (bicyclic) bond motifs is 1. The van der Waals surface area contributed by atoms with Crippen LogP contribution < -0.4 is 15.6 Å². The number of benzene rings is 1. The minimum atomic E-state index is -0.280. The van der Waals surface area contributed by atoms with Crippen LogP contribution in [0.5, 0.6) is 5.75 Å². The lowest BCUT2D eigenvalue weighted by Gasteiger charge is -2.09. The van der Waals surface area contributed by atoms with Crippen LogP contribution in [0.25, 0.3) is 10.9 Å². The molecule has 0 bridgehead atoms. The van der Waals surface area contributed by atoms with Crippen LogP contribution in [0.4, 0.5) is 11.9 Å². The van der Waals surface area contributed by atoms with Crippen molar-refractivity contribution in [2.45, 2.75) is 24.8 Å². The normalized spacial score (nSPS) is 11.0. The number of H-pyrrole nitrogens is 1. The molecule has 4 rings (SSSR count). The number of anilines is 2. The molecule has 1 aromatic carbocycles. The standard InChI is InChI=1S/C18H19N9O2S/c1-4-29-12-5-6-14-13(8-12)10(2)19-16(21-14)23-17-20-11(7-15(28)22-17)9-30-18-24-25-26-27(18)3/h5-8H,4,9H2,1-3H3,(H2,19,20,21,22,23,28). The average molecular weight is 425 g/mol. The molecule has 0 amide bonds. The molecule has 0 atom stereocenters. The smallest absolute Gasteiger partial charge is 0.252 e. The second-order valence-electron chi connectivity index (χ2n) is 6.33. The van der Waals surface area contributed by atoms with Gasteiger partial charge in [0.2, 0.25) is 17.1 Å². The highest BCUT2D eigenvalue weighted by atomic mass is 32.2. The summed E-state index contributed by atoms with van der Waals surface area (Å²) in [5.41, 5.74) is 1.84. The number of tetrazole rings is 1. The first-order chi connectivity index (χ1) is 14.5. The quantitative estimate of drug-likeness (QED) is 0.423. The third kappa shape index (κ3) is 4.38. The lowest BCUT2D eigenvalue weighted by molar-refractivity contribution is 0.340. The Morgan fingerprint density at radius 1 is 1.23 bits per heavy atom. The monoisotopic (exact) mass is 425 g/mol. The van der Waals surface area contributed by atoms with E-state index in [-0.39, 0.29) is 11.5 Å². The van der Waals surface area contributed by atoms with Crippen molar-refractivity contribution in [3.8, 4) is 5.75 Å². The molecule has 0 saturated heterocycles. The second kappa shape index (κ2) is 8.45. The van der Waals surface area contributed by atoms with E-state index in [2.05, 4.69) is 40.8 Å². The van der Waals surface area contributed by atoms with Crippen molar-refractivity contribution in [2.24, 2.45) is 7.05 Å². The number of ether oxygens (including phenoxy) is 1. The summed E-state index contributed by atoms with van der Waals surface area (Å²) in [6.07, 6.45) is 0. The summed E-state index contributed by atoms with van der Waals surface area (Å²) < 4.78 is 7.10. The molecule has 2 N–H and O–H groups in total. The summed E-state index contributed by atoms with van der Waals surface area (Å²) in [5, 5.41) is 15.8. The Hall–Kier alpha value is -3.54. The van der Waals surface area contributed by atoms with Gasteiger partial charge in [0.05, 0.1) is 23.5 Å². The van der Waals surface area contributed by atoms with E-state index in [9.17, 15) is 4.79 Å². The maximum absolute atomic E-state index is 12.1. The second-order valence-corrected chi connectivity index (χ2v) is 7.27. The van der Waals surface area contributed by atoms with Crippen LogP contribution in [-0.4, -0.2) is 46.8 Å². The van der Waals surface area contributed by atoms with Crippen molar-refractivity contribution in [3.05, 3.63) is 46.0 Å². The zero-order valence-electron chi connectivity index (χ0n) is 16.6. The van der Waals surface area contributed by atoms with Gasteiger partial charge in [-0.1, -0.05) is 11.8 Å². The van der Waals surface area contributed by atoms with Crippen molar-refractivity contribution in [1.82, 2.24) is 40.1 Å². The predicted molar refractivity (Wildman–Crippen MR) is 112 cm³/mol. The topological polar surface area (TPSA) is 136 Å². The molecule has 154 valence electrons. The molecule has 12 heteroatoms. The van der Waals surface area contributed by atoms with Crippen LogP contribution in [0.15, 0.2) is 34.2 Å². The molecule has 0 saturated carbocycles. The summed E-state index contributed by atoms with van der Waals surface area (Å²) in [6, 6.07) is 7.08. The molecule has 0 radical (unpaired) electrons. The van der Waals surface area contributed by atoms with Crippen molar-refractivity contribution < 1.29 is 4.74 Å². The van der Waals surface area contributed by atoms with Crippen molar-refractivity contribution in [1.29, 1.82) is 0 Å². The molecular weight excluding hydrogens is 406 g/mol. The van der Waals surface area contributed by atoms with Crippen molar-refractivity contribution >= 4 is 34.6 Å². The lowest BCUT2D eigenvalue weighted by Crippen LogP contribution is -2.13.